The van der Waals surface area contributed by atoms with Gasteiger partial charge in [0.15, 0.2) is 11.5 Å². The minimum absolute atomic E-state index is 0.0403. The van der Waals surface area contributed by atoms with E-state index in [4.69, 9.17) is 0 Å². The molecular formula is C22H30N10O2. The maximum absolute atomic E-state index is 12.7. The van der Waals surface area contributed by atoms with Gasteiger partial charge in [-0.1, -0.05) is 0 Å². The van der Waals surface area contributed by atoms with Crippen LogP contribution in [0.2, 0.25) is 0 Å². The highest BCUT2D eigenvalue weighted by molar-refractivity contribution is 6.08. The predicted molar refractivity (Wildman–Crippen MR) is 130 cm³/mol. The van der Waals surface area contributed by atoms with Crippen LogP contribution in [0.4, 0.5) is 22.2 Å². The Balaban J connectivity index is 1.50. The molecule has 4 heterocycles. The number of aromatic nitrogens is 5. The van der Waals surface area contributed by atoms with Crippen LogP contribution in [0.3, 0.4) is 0 Å². The second-order valence-corrected chi connectivity index (χ2v) is 8.86. The van der Waals surface area contributed by atoms with E-state index in [2.05, 4.69) is 59.9 Å². The first kappa shape index (κ1) is 23.4. The van der Waals surface area contributed by atoms with E-state index < -0.39 is 6.03 Å². The van der Waals surface area contributed by atoms with Gasteiger partial charge in [-0.15, -0.1) is 0 Å². The van der Waals surface area contributed by atoms with Crippen LogP contribution >= 0.6 is 0 Å². The number of carbonyl (C=O) groups excluding carboxylic acids is 2. The Morgan fingerprint density at radius 2 is 2.00 bits per heavy atom. The summed E-state index contributed by atoms with van der Waals surface area (Å²) in [6.45, 7) is 5.48. The number of nitrogens with one attached hydrogen (secondary N) is 3. The Labute approximate surface area is 197 Å². The lowest BCUT2D eigenvalue weighted by molar-refractivity contribution is 0.0944. The van der Waals surface area contributed by atoms with Crippen LogP contribution in [-0.2, 0) is 7.05 Å². The van der Waals surface area contributed by atoms with Crippen LogP contribution in [-0.4, -0.2) is 80.8 Å². The van der Waals surface area contributed by atoms with E-state index >= 15 is 0 Å². The molecule has 0 spiro atoms. The molecule has 1 unspecified atom stereocenters. The van der Waals surface area contributed by atoms with E-state index in [0.717, 1.165) is 19.5 Å². The van der Waals surface area contributed by atoms with E-state index in [1.807, 2.05) is 13.8 Å². The summed E-state index contributed by atoms with van der Waals surface area (Å²) in [7, 11) is 5.92. The molecule has 1 aliphatic heterocycles. The van der Waals surface area contributed by atoms with Gasteiger partial charge in [-0.05, 0) is 40.4 Å². The largest absolute Gasteiger partial charge is 0.350 e. The highest BCUT2D eigenvalue weighted by Gasteiger charge is 2.26. The van der Waals surface area contributed by atoms with Gasteiger partial charge in [-0.25, -0.2) is 14.5 Å². The zero-order valence-corrected chi connectivity index (χ0v) is 20.0. The van der Waals surface area contributed by atoms with E-state index in [-0.39, 0.29) is 11.9 Å². The number of urea groups is 1. The number of amides is 3. The van der Waals surface area contributed by atoms with Gasteiger partial charge in [0.05, 0.1) is 22.8 Å². The molecule has 1 aliphatic rings. The van der Waals surface area contributed by atoms with Gasteiger partial charge in [-0.3, -0.25) is 15.1 Å². The number of anilines is 3. The molecule has 3 N–H and O–H groups in total. The summed E-state index contributed by atoms with van der Waals surface area (Å²) in [5, 5.41) is 13.2. The van der Waals surface area contributed by atoms with Crippen LogP contribution in [0.1, 0.15) is 30.6 Å². The Morgan fingerprint density at radius 3 is 2.71 bits per heavy atom. The Morgan fingerprint density at radius 1 is 1.21 bits per heavy atom. The van der Waals surface area contributed by atoms with Gasteiger partial charge in [0.2, 0.25) is 5.95 Å². The predicted octanol–water partition coefficient (Wildman–Crippen LogP) is 1.68. The van der Waals surface area contributed by atoms with Crippen molar-refractivity contribution >= 4 is 40.4 Å². The molecule has 1 fully saturated rings. The second kappa shape index (κ2) is 9.59. The molecule has 3 amide bonds. The Kier molecular flexibility index (Phi) is 6.59. The number of rotatable bonds is 6. The molecule has 4 rings (SSSR count). The van der Waals surface area contributed by atoms with Crippen molar-refractivity contribution in [3.05, 3.63) is 30.2 Å². The monoisotopic (exact) mass is 466 g/mol. The van der Waals surface area contributed by atoms with Gasteiger partial charge in [0.1, 0.15) is 0 Å². The zero-order chi connectivity index (χ0) is 24.4. The number of hydrogen-bond acceptors (Lipinski definition) is 8. The molecule has 3 aromatic rings. The van der Waals surface area contributed by atoms with Crippen molar-refractivity contribution in [2.75, 3.05) is 42.7 Å². The lowest BCUT2D eigenvalue weighted by Crippen LogP contribution is -2.32. The molecule has 1 atom stereocenters. The number of likely N-dealkylation sites (N-methyl/N-ethyl adjacent to an activating group) is 1. The number of carbonyl (C=O) groups is 2. The summed E-state index contributed by atoms with van der Waals surface area (Å²) in [6.07, 6.45) is 5.66. The second-order valence-electron chi connectivity index (χ2n) is 8.86. The fourth-order valence-corrected chi connectivity index (χ4v) is 3.91. The first-order valence-electron chi connectivity index (χ1n) is 11.2. The standard InChI is InChI=1S/C22H30N10O2/c1-13(2)25-20(33)15-6-8-23-11-17(15)26-22(34)27-18-16-10-24-21(28-19(16)31(5)29-18)32-9-7-14(12-32)30(3)4/h6,8,10-11,13-14H,7,9,12H2,1-5H3,(H,25,33)(H2,26,27,29,34). The molecule has 1 saturated heterocycles. The third-order valence-corrected chi connectivity index (χ3v) is 5.71. The van der Waals surface area contributed by atoms with E-state index in [1.165, 1.54) is 12.4 Å². The average Bonchev–Trinajstić information content (AvgIpc) is 3.39. The third-order valence-electron chi connectivity index (χ3n) is 5.71. The van der Waals surface area contributed by atoms with Crippen LogP contribution in [0.25, 0.3) is 11.0 Å². The highest BCUT2D eigenvalue weighted by Crippen LogP contribution is 2.25. The summed E-state index contributed by atoms with van der Waals surface area (Å²) in [6, 6.07) is 1.43. The number of pyridine rings is 1. The van der Waals surface area contributed by atoms with Gasteiger partial charge in [-0.2, -0.15) is 10.1 Å². The number of aryl methyl sites for hydroxylation is 1. The molecule has 180 valence electrons. The van der Waals surface area contributed by atoms with Crippen LogP contribution in [0.15, 0.2) is 24.7 Å². The SMILES string of the molecule is CC(C)NC(=O)c1ccncc1NC(=O)Nc1nn(C)c2nc(N3CCC(N(C)C)C3)ncc12. The molecule has 0 radical (unpaired) electrons. The van der Waals surface area contributed by atoms with Gasteiger partial charge >= 0.3 is 6.03 Å². The van der Waals surface area contributed by atoms with Crippen LogP contribution in [0, 0.1) is 0 Å². The fourth-order valence-electron chi connectivity index (χ4n) is 3.91. The molecule has 12 heteroatoms. The smallest absolute Gasteiger partial charge is 0.324 e. The molecule has 34 heavy (non-hydrogen) atoms. The molecule has 0 bridgehead atoms. The number of nitrogens with zero attached hydrogens (tertiary/aromatic N) is 7. The van der Waals surface area contributed by atoms with Crippen LogP contribution in [0.5, 0.6) is 0 Å². The van der Waals surface area contributed by atoms with Crippen molar-refractivity contribution in [1.82, 2.24) is 34.9 Å². The molecule has 0 aliphatic carbocycles. The molecule has 0 aromatic carbocycles. The summed E-state index contributed by atoms with van der Waals surface area (Å²) in [5.41, 5.74) is 1.23. The summed E-state index contributed by atoms with van der Waals surface area (Å²) in [5.74, 6) is 0.675. The zero-order valence-electron chi connectivity index (χ0n) is 20.0. The maximum Gasteiger partial charge on any atom is 0.324 e. The number of fused-ring (bicyclic) bond motifs is 1. The average molecular weight is 467 g/mol. The molecule has 3 aromatic heterocycles. The van der Waals surface area contributed by atoms with Gasteiger partial charge in [0.25, 0.3) is 5.91 Å². The normalized spacial score (nSPS) is 15.9. The van der Waals surface area contributed by atoms with Crippen molar-refractivity contribution in [2.45, 2.75) is 32.4 Å². The topological polar surface area (TPSA) is 133 Å². The molecule has 0 saturated carbocycles. The van der Waals surface area contributed by atoms with E-state index in [0.29, 0.717) is 40.1 Å². The minimum atomic E-state index is -0.552. The van der Waals surface area contributed by atoms with Gasteiger partial charge < -0.3 is 20.4 Å². The van der Waals surface area contributed by atoms with Crippen molar-refractivity contribution < 1.29 is 9.59 Å². The number of hydrogen-bond donors (Lipinski definition) is 3. The molecule has 12 nitrogen and oxygen atoms in total. The maximum atomic E-state index is 12.7. The van der Waals surface area contributed by atoms with E-state index in [9.17, 15) is 9.59 Å². The quantitative estimate of drug-likeness (QED) is 0.500. The first-order valence-corrected chi connectivity index (χ1v) is 11.2. The van der Waals surface area contributed by atoms with Gasteiger partial charge in [0, 0.05) is 44.6 Å². The van der Waals surface area contributed by atoms with Crippen molar-refractivity contribution in [2.24, 2.45) is 7.05 Å². The summed E-state index contributed by atoms with van der Waals surface area (Å²) in [4.78, 5) is 42.8. The highest BCUT2D eigenvalue weighted by atomic mass is 16.2. The van der Waals surface area contributed by atoms with Crippen LogP contribution < -0.4 is 20.9 Å². The lowest BCUT2D eigenvalue weighted by Gasteiger charge is -2.20. The Hall–Kier alpha value is -3.80. The lowest BCUT2D eigenvalue weighted by atomic mass is 10.2. The third kappa shape index (κ3) is 4.91. The summed E-state index contributed by atoms with van der Waals surface area (Å²) >= 11 is 0. The van der Waals surface area contributed by atoms with Crippen molar-refractivity contribution in [1.29, 1.82) is 0 Å². The van der Waals surface area contributed by atoms with Crippen molar-refractivity contribution in [3.8, 4) is 0 Å². The fraction of sp³-hybridized carbons (Fsp3) is 0.455. The Bertz CT molecular complexity index is 1210. The summed E-state index contributed by atoms with van der Waals surface area (Å²) < 4.78 is 1.61. The first-order chi connectivity index (χ1) is 16.2. The van der Waals surface area contributed by atoms with Crippen molar-refractivity contribution in [3.63, 3.8) is 0 Å². The minimum Gasteiger partial charge on any atom is -0.350 e. The van der Waals surface area contributed by atoms with E-state index in [1.54, 1.807) is 24.0 Å². The molecular weight excluding hydrogens is 436 g/mol.